The maximum Gasteiger partial charge on any atom is 0.282 e. The van der Waals surface area contributed by atoms with Crippen molar-refractivity contribution in [2.45, 2.75) is 30.6 Å². The van der Waals surface area contributed by atoms with E-state index in [0.717, 1.165) is 22.0 Å². The van der Waals surface area contributed by atoms with Crippen LogP contribution in [0.3, 0.4) is 0 Å². The highest BCUT2D eigenvalue weighted by molar-refractivity contribution is 7.99. The molecule has 2 aromatic heterocycles. The van der Waals surface area contributed by atoms with E-state index < -0.39 is 0 Å². The van der Waals surface area contributed by atoms with Crippen LogP contribution < -0.4 is 5.73 Å². The first kappa shape index (κ1) is 13.8. The van der Waals surface area contributed by atoms with Crippen LogP contribution in [-0.4, -0.2) is 20.0 Å². The molecule has 0 aliphatic carbocycles. The zero-order valence-electron chi connectivity index (χ0n) is 11.8. The molecule has 7 heteroatoms. The van der Waals surface area contributed by atoms with Gasteiger partial charge in [0.25, 0.3) is 5.22 Å². The number of rotatable bonds is 4. The third kappa shape index (κ3) is 2.70. The highest BCUT2D eigenvalue weighted by Crippen LogP contribution is 2.32. The van der Waals surface area contributed by atoms with Gasteiger partial charge < -0.3 is 10.2 Å². The lowest BCUT2D eigenvalue weighted by Crippen LogP contribution is -2.01. The molecule has 0 spiro atoms. The van der Waals surface area contributed by atoms with Crippen LogP contribution in [-0.2, 0) is 6.54 Å². The summed E-state index contributed by atoms with van der Waals surface area (Å²) in [5, 5.41) is 13.8. The summed E-state index contributed by atoms with van der Waals surface area (Å²) in [6.45, 7) is 4.12. The molecule has 0 atom stereocenters. The number of para-hydroxylation sites is 1. The summed E-state index contributed by atoms with van der Waals surface area (Å²) in [5.74, 6) is 0.536. The van der Waals surface area contributed by atoms with Crippen molar-refractivity contribution in [1.29, 1.82) is 0 Å². The second-order valence-corrected chi connectivity index (χ2v) is 5.45. The number of hydrogen-bond acceptors (Lipinski definition) is 6. The highest BCUT2D eigenvalue weighted by atomic mass is 32.2. The van der Waals surface area contributed by atoms with Crippen LogP contribution in [0.15, 0.2) is 45.0 Å². The molecule has 0 amide bonds. The van der Waals surface area contributed by atoms with E-state index in [4.69, 9.17) is 10.2 Å². The number of nitrogens with zero attached hydrogens (tertiary/aromatic N) is 4. The van der Waals surface area contributed by atoms with E-state index in [1.807, 2.05) is 41.9 Å². The predicted octanol–water partition coefficient (Wildman–Crippen LogP) is 2.48. The molecule has 0 fully saturated rings. The van der Waals surface area contributed by atoms with Crippen molar-refractivity contribution in [2.24, 2.45) is 5.73 Å². The smallest absolute Gasteiger partial charge is 0.282 e. The van der Waals surface area contributed by atoms with Crippen molar-refractivity contribution in [3.63, 3.8) is 0 Å². The fourth-order valence-electron chi connectivity index (χ4n) is 2.02. The third-order valence-electron chi connectivity index (χ3n) is 3.03. The van der Waals surface area contributed by atoms with Crippen LogP contribution in [0.4, 0.5) is 0 Å². The van der Waals surface area contributed by atoms with Gasteiger partial charge in [-0.3, -0.25) is 0 Å². The van der Waals surface area contributed by atoms with Crippen LogP contribution in [0.5, 0.6) is 0 Å². The van der Waals surface area contributed by atoms with Crippen LogP contribution in [0.2, 0.25) is 0 Å². The van der Waals surface area contributed by atoms with Gasteiger partial charge in [-0.1, -0.05) is 18.2 Å². The monoisotopic (exact) mass is 301 g/mol. The van der Waals surface area contributed by atoms with E-state index in [-0.39, 0.29) is 0 Å². The number of benzene rings is 1. The summed E-state index contributed by atoms with van der Waals surface area (Å²) in [6, 6.07) is 9.91. The largest absolute Gasteiger partial charge is 0.416 e. The minimum absolute atomic E-state index is 0.411. The quantitative estimate of drug-likeness (QED) is 0.797. The minimum atomic E-state index is 0.411. The summed E-state index contributed by atoms with van der Waals surface area (Å²) in [5.41, 5.74) is 8.73. The second kappa shape index (κ2) is 5.71. The Balaban J connectivity index is 2.08. The molecule has 0 bridgehead atoms. The highest BCUT2D eigenvalue weighted by Gasteiger charge is 2.19. The van der Waals surface area contributed by atoms with Gasteiger partial charge in [0.1, 0.15) is 5.03 Å². The Labute approximate surface area is 126 Å². The first-order chi connectivity index (χ1) is 10.2. The van der Waals surface area contributed by atoms with Gasteiger partial charge in [0, 0.05) is 19.0 Å². The molecule has 0 saturated heterocycles. The molecule has 108 valence electrons. The average Bonchev–Trinajstić information content (AvgIpc) is 3.04. The topological polar surface area (TPSA) is 82.8 Å². The summed E-state index contributed by atoms with van der Waals surface area (Å²) in [6.07, 6.45) is 0. The number of aromatic nitrogens is 4. The maximum absolute atomic E-state index is 5.87. The Kier molecular flexibility index (Phi) is 3.76. The van der Waals surface area contributed by atoms with Crippen LogP contribution in [0.25, 0.3) is 5.69 Å². The lowest BCUT2D eigenvalue weighted by Gasteiger charge is -2.06. The van der Waals surface area contributed by atoms with Crippen molar-refractivity contribution < 1.29 is 4.42 Å². The molecule has 0 radical (unpaired) electrons. The summed E-state index contributed by atoms with van der Waals surface area (Å²) in [4.78, 5) is 0. The maximum atomic E-state index is 5.87. The zero-order chi connectivity index (χ0) is 14.8. The number of aryl methyl sites for hydroxylation is 2. The molecule has 0 aliphatic rings. The van der Waals surface area contributed by atoms with Crippen LogP contribution in [0.1, 0.15) is 17.1 Å². The fraction of sp³-hybridized carbons (Fsp3) is 0.214. The standard InChI is InChI=1S/C14H15N5OS/c1-9-12(8-15)13(21-14-17-16-10(2)20-14)19(18-9)11-6-4-3-5-7-11/h3-7H,8,15H2,1-2H3. The lowest BCUT2D eigenvalue weighted by atomic mass is 10.3. The van der Waals surface area contributed by atoms with Gasteiger partial charge in [0.05, 0.1) is 11.4 Å². The van der Waals surface area contributed by atoms with Gasteiger partial charge in [-0.05, 0) is 30.8 Å². The van der Waals surface area contributed by atoms with Crippen molar-refractivity contribution in [3.8, 4) is 5.69 Å². The molecule has 0 aliphatic heterocycles. The Morgan fingerprint density at radius 1 is 1.19 bits per heavy atom. The van der Waals surface area contributed by atoms with E-state index >= 15 is 0 Å². The van der Waals surface area contributed by atoms with Gasteiger partial charge in [-0.2, -0.15) is 5.10 Å². The molecule has 3 aromatic rings. The van der Waals surface area contributed by atoms with E-state index in [1.54, 1.807) is 6.92 Å². The Morgan fingerprint density at radius 3 is 2.57 bits per heavy atom. The molecular weight excluding hydrogens is 286 g/mol. The van der Waals surface area contributed by atoms with Crippen molar-refractivity contribution in [2.75, 3.05) is 0 Å². The van der Waals surface area contributed by atoms with E-state index in [2.05, 4.69) is 15.3 Å². The summed E-state index contributed by atoms with van der Waals surface area (Å²) < 4.78 is 7.31. The zero-order valence-corrected chi connectivity index (χ0v) is 12.6. The molecule has 2 heterocycles. The summed E-state index contributed by atoms with van der Waals surface area (Å²) >= 11 is 1.38. The van der Waals surface area contributed by atoms with E-state index in [9.17, 15) is 0 Å². The van der Waals surface area contributed by atoms with Crippen LogP contribution >= 0.6 is 11.8 Å². The molecule has 6 nitrogen and oxygen atoms in total. The Hall–Kier alpha value is -2.12. The summed E-state index contributed by atoms with van der Waals surface area (Å²) in [7, 11) is 0. The van der Waals surface area contributed by atoms with Gasteiger partial charge in [-0.25, -0.2) is 4.68 Å². The van der Waals surface area contributed by atoms with E-state index in [1.165, 1.54) is 11.8 Å². The first-order valence-electron chi connectivity index (χ1n) is 6.51. The molecule has 1 aromatic carbocycles. The van der Waals surface area contributed by atoms with Gasteiger partial charge in [0.15, 0.2) is 0 Å². The molecule has 3 rings (SSSR count). The molecule has 0 saturated carbocycles. The predicted molar refractivity (Wildman–Crippen MR) is 79.4 cm³/mol. The van der Waals surface area contributed by atoms with E-state index in [0.29, 0.717) is 17.7 Å². The number of nitrogens with two attached hydrogens (primary N) is 1. The van der Waals surface area contributed by atoms with Crippen molar-refractivity contribution >= 4 is 11.8 Å². The lowest BCUT2D eigenvalue weighted by molar-refractivity contribution is 0.429. The average molecular weight is 301 g/mol. The minimum Gasteiger partial charge on any atom is -0.416 e. The van der Waals surface area contributed by atoms with Crippen molar-refractivity contribution in [3.05, 3.63) is 47.5 Å². The van der Waals surface area contributed by atoms with Gasteiger partial charge in [-0.15, -0.1) is 10.2 Å². The Bertz CT molecular complexity index is 750. The molecule has 2 N–H and O–H groups in total. The number of hydrogen-bond donors (Lipinski definition) is 1. The van der Waals surface area contributed by atoms with Gasteiger partial charge in [0.2, 0.25) is 5.89 Å². The normalized spacial score (nSPS) is 11.0. The molecular formula is C14H15N5OS. The second-order valence-electron chi connectivity index (χ2n) is 4.51. The molecule has 0 unspecified atom stereocenters. The first-order valence-corrected chi connectivity index (χ1v) is 7.32. The molecule has 21 heavy (non-hydrogen) atoms. The fourth-order valence-corrected chi connectivity index (χ4v) is 3.02. The van der Waals surface area contributed by atoms with Crippen molar-refractivity contribution in [1.82, 2.24) is 20.0 Å². The third-order valence-corrected chi connectivity index (χ3v) is 3.99. The van der Waals surface area contributed by atoms with Crippen LogP contribution in [0, 0.1) is 13.8 Å². The van der Waals surface area contributed by atoms with Gasteiger partial charge >= 0.3 is 0 Å². The SMILES string of the molecule is Cc1nnc(Sc2c(CN)c(C)nn2-c2ccccc2)o1. The Morgan fingerprint density at radius 2 is 1.95 bits per heavy atom.